The molecule has 0 aromatic heterocycles. The van der Waals surface area contributed by atoms with Crippen LogP contribution in [0.25, 0.3) is 0 Å². The summed E-state index contributed by atoms with van der Waals surface area (Å²) < 4.78 is 0. The second kappa shape index (κ2) is 7.14. The Hall–Kier alpha value is -1.75. The van der Waals surface area contributed by atoms with Gasteiger partial charge in [0, 0.05) is 18.3 Å². The predicted octanol–water partition coefficient (Wildman–Crippen LogP) is 2.79. The molecule has 1 N–H and O–H groups in total. The van der Waals surface area contributed by atoms with Gasteiger partial charge in [-0.1, -0.05) is 12.8 Å². The topological polar surface area (TPSA) is 67.5 Å². The van der Waals surface area contributed by atoms with Crippen LogP contribution >= 0.6 is 0 Å². The molecule has 0 saturated heterocycles. The third-order valence-corrected chi connectivity index (χ3v) is 3.85. The number of hydrogen-bond donors (Lipinski definition) is 1. The van der Waals surface area contributed by atoms with Crippen LogP contribution < -0.4 is 5.32 Å². The van der Waals surface area contributed by atoms with Gasteiger partial charge in [0.2, 0.25) is 0 Å². The molecule has 1 aromatic rings. The Morgan fingerprint density at radius 1 is 1.35 bits per heavy atom. The lowest BCUT2D eigenvalue weighted by molar-refractivity contribution is -0.384. The van der Waals surface area contributed by atoms with Gasteiger partial charge in [0.15, 0.2) is 0 Å². The normalized spacial score (nSPS) is 23.1. The lowest BCUT2D eigenvalue weighted by Crippen LogP contribution is -2.31. The van der Waals surface area contributed by atoms with E-state index in [-0.39, 0.29) is 10.6 Å². The van der Waals surface area contributed by atoms with Crippen molar-refractivity contribution >= 4 is 11.9 Å². The second-order valence-electron chi connectivity index (χ2n) is 5.30. The van der Waals surface area contributed by atoms with Crippen molar-refractivity contribution in [2.75, 3.05) is 13.6 Å². The summed E-state index contributed by atoms with van der Waals surface area (Å²) in [6, 6.07) is 6.90. The van der Waals surface area contributed by atoms with Crippen LogP contribution in [0.5, 0.6) is 0 Å². The summed E-state index contributed by atoms with van der Waals surface area (Å²) in [5, 5.41) is 13.8. The standard InChI is InChI=1S/C15H21N3O2/c1-16-11-13-4-2-3-5-15(13)17-10-12-6-8-14(9-7-12)18(19)20/h6-10,13,15-16H,2-5,11H2,1H3/t13-,15-/m1/s1. The van der Waals surface area contributed by atoms with Crippen molar-refractivity contribution < 1.29 is 4.92 Å². The number of benzene rings is 1. The van der Waals surface area contributed by atoms with Gasteiger partial charge in [-0.2, -0.15) is 0 Å². The number of hydrogen-bond acceptors (Lipinski definition) is 4. The van der Waals surface area contributed by atoms with Crippen LogP contribution in [0.4, 0.5) is 5.69 Å². The van der Waals surface area contributed by atoms with Crippen molar-refractivity contribution in [1.82, 2.24) is 5.32 Å². The van der Waals surface area contributed by atoms with Gasteiger partial charge >= 0.3 is 0 Å². The van der Waals surface area contributed by atoms with E-state index in [0.717, 1.165) is 18.5 Å². The summed E-state index contributed by atoms with van der Waals surface area (Å²) in [4.78, 5) is 14.9. The highest BCUT2D eigenvalue weighted by Gasteiger charge is 2.23. The molecule has 0 spiro atoms. The van der Waals surface area contributed by atoms with E-state index in [9.17, 15) is 10.1 Å². The van der Waals surface area contributed by atoms with Crippen molar-refractivity contribution in [3.05, 3.63) is 39.9 Å². The maximum atomic E-state index is 10.6. The lowest BCUT2D eigenvalue weighted by atomic mass is 9.85. The highest BCUT2D eigenvalue weighted by Crippen LogP contribution is 2.26. The Kier molecular flexibility index (Phi) is 5.24. The van der Waals surface area contributed by atoms with E-state index >= 15 is 0 Å². The number of non-ortho nitro benzene ring substituents is 1. The number of nitro groups is 1. The molecular weight excluding hydrogens is 254 g/mol. The van der Waals surface area contributed by atoms with Crippen molar-refractivity contribution in [2.24, 2.45) is 10.9 Å². The molecule has 5 nitrogen and oxygen atoms in total. The smallest absolute Gasteiger partial charge is 0.269 e. The third kappa shape index (κ3) is 3.87. The van der Waals surface area contributed by atoms with Gasteiger partial charge in [0.05, 0.1) is 11.0 Å². The van der Waals surface area contributed by atoms with Gasteiger partial charge < -0.3 is 5.32 Å². The fraction of sp³-hybridized carbons (Fsp3) is 0.533. The van der Waals surface area contributed by atoms with E-state index in [1.54, 1.807) is 12.1 Å². The summed E-state index contributed by atoms with van der Waals surface area (Å²) in [7, 11) is 1.98. The molecule has 0 bridgehead atoms. The molecule has 1 saturated carbocycles. The summed E-state index contributed by atoms with van der Waals surface area (Å²) in [5.74, 6) is 0.600. The molecule has 5 heteroatoms. The molecule has 1 aliphatic carbocycles. The summed E-state index contributed by atoms with van der Waals surface area (Å²) in [5.41, 5.74) is 1.04. The van der Waals surface area contributed by atoms with E-state index < -0.39 is 0 Å². The maximum absolute atomic E-state index is 10.6. The quantitative estimate of drug-likeness (QED) is 0.510. The minimum Gasteiger partial charge on any atom is -0.319 e. The Morgan fingerprint density at radius 2 is 2.05 bits per heavy atom. The molecule has 0 amide bonds. The molecule has 1 aromatic carbocycles. The number of aliphatic imine (C=N–C) groups is 1. The van der Waals surface area contributed by atoms with E-state index in [0.29, 0.717) is 12.0 Å². The van der Waals surface area contributed by atoms with Gasteiger partial charge in [-0.05, 0) is 50.0 Å². The van der Waals surface area contributed by atoms with Crippen LogP contribution in [0, 0.1) is 16.0 Å². The molecule has 108 valence electrons. The van der Waals surface area contributed by atoms with Crippen LogP contribution in [0.3, 0.4) is 0 Å². The fourth-order valence-corrected chi connectivity index (χ4v) is 2.75. The molecule has 0 heterocycles. The number of nitro benzene ring substituents is 1. The highest BCUT2D eigenvalue weighted by atomic mass is 16.6. The average molecular weight is 275 g/mol. The number of nitrogens with zero attached hydrogens (tertiary/aromatic N) is 2. The zero-order valence-electron chi connectivity index (χ0n) is 11.8. The molecule has 2 atom stereocenters. The van der Waals surface area contributed by atoms with Crippen molar-refractivity contribution in [3.8, 4) is 0 Å². The summed E-state index contributed by atoms with van der Waals surface area (Å²) in [6.07, 6.45) is 6.74. The van der Waals surface area contributed by atoms with Crippen LogP contribution in [-0.4, -0.2) is 30.8 Å². The largest absolute Gasteiger partial charge is 0.319 e. The number of nitrogens with one attached hydrogen (secondary N) is 1. The average Bonchev–Trinajstić information content (AvgIpc) is 2.47. The minimum atomic E-state index is -0.384. The molecule has 2 rings (SSSR count). The first-order valence-corrected chi connectivity index (χ1v) is 7.13. The minimum absolute atomic E-state index is 0.118. The first-order chi connectivity index (χ1) is 9.70. The van der Waals surface area contributed by atoms with E-state index in [2.05, 4.69) is 5.32 Å². The Bertz CT molecular complexity index is 469. The van der Waals surface area contributed by atoms with Gasteiger partial charge in [-0.25, -0.2) is 0 Å². The van der Waals surface area contributed by atoms with Crippen molar-refractivity contribution in [3.63, 3.8) is 0 Å². The number of rotatable bonds is 5. The molecular formula is C15H21N3O2. The first kappa shape index (κ1) is 14.7. The monoisotopic (exact) mass is 275 g/mol. The van der Waals surface area contributed by atoms with Crippen LogP contribution in [-0.2, 0) is 0 Å². The molecule has 1 aliphatic rings. The zero-order chi connectivity index (χ0) is 14.4. The summed E-state index contributed by atoms with van der Waals surface area (Å²) >= 11 is 0. The second-order valence-corrected chi connectivity index (χ2v) is 5.30. The highest BCUT2D eigenvalue weighted by molar-refractivity contribution is 5.80. The lowest BCUT2D eigenvalue weighted by Gasteiger charge is -2.28. The Labute approximate surface area is 119 Å². The molecule has 20 heavy (non-hydrogen) atoms. The van der Waals surface area contributed by atoms with Gasteiger partial charge in [-0.3, -0.25) is 15.1 Å². The third-order valence-electron chi connectivity index (χ3n) is 3.85. The van der Waals surface area contributed by atoms with Gasteiger partial charge in [0.1, 0.15) is 0 Å². The molecule has 0 radical (unpaired) electrons. The zero-order valence-corrected chi connectivity index (χ0v) is 11.8. The molecule has 1 fully saturated rings. The maximum Gasteiger partial charge on any atom is 0.269 e. The van der Waals surface area contributed by atoms with Gasteiger partial charge in [-0.15, -0.1) is 0 Å². The van der Waals surface area contributed by atoms with Crippen LogP contribution in [0.1, 0.15) is 31.2 Å². The molecule has 0 aliphatic heterocycles. The van der Waals surface area contributed by atoms with Crippen molar-refractivity contribution in [2.45, 2.75) is 31.7 Å². The SMILES string of the molecule is CNC[C@H]1CCCC[C@H]1N=Cc1ccc([N+](=O)[O-])cc1. The fourth-order valence-electron chi connectivity index (χ4n) is 2.75. The van der Waals surface area contributed by atoms with E-state index in [1.807, 2.05) is 13.3 Å². The van der Waals surface area contributed by atoms with Crippen LogP contribution in [0.15, 0.2) is 29.3 Å². The predicted molar refractivity (Wildman–Crippen MR) is 80.4 cm³/mol. The van der Waals surface area contributed by atoms with Crippen LogP contribution in [0.2, 0.25) is 0 Å². The van der Waals surface area contributed by atoms with E-state index in [1.165, 1.54) is 31.4 Å². The van der Waals surface area contributed by atoms with Crippen molar-refractivity contribution in [1.29, 1.82) is 0 Å². The van der Waals surface area contributed by atoms with E-state index in [4.69, 9.17) is 4.99 Å². The Morgan fingerprint density at radius 3 is 2.70 bits per heavy atom. The van der Waals surface area contributed by atoms with Gasteiger partial charge in [0.25, 0.3) is 5.69 Å². The first-order valence-electron chi connectivity index (χ1n) is 7.13. The molecule has 0 unspecified atom stereocenters. The Balaban J connectivity index is 2.01. The summed E-state index contributed by atoms with van der Waals surface area (Å²) in [6.45, 7) is 1.00.